The maximum atomic E-state index is 14.7. The number of aliphatic hydroxyl groups is 1. The highest BCUT2D eigenvalue weighted by Crippen LogP contribution is 2.49. The molecule has 0 saturated carbocycles. The minimum absolute atomic E-state index is 0.00000122. The van der Waals surface area contributed by atoms with E-state index < -0.39 is 93.3 Å². The molecule has 10 unspecified atom stereocenters. The number of allylic oxidation sites excluding steroid dienone is 4. The fourth-order valence-corrected chi connectivity index (χ4v) is 8.81. The van der Waals surface area contributed by atoms with E-state index >= 15 is 0 Å². The summed E-state index contributed by atoms with van der Waals surface area (Å²) in [5.74, 6) is -8.23. The summed E-state index contributed by atoms with van der Waals surface area (Å²) in [4.78, 5) is 72.0. The number of Topliss-reactive ketones (excluding diaryl/α,β-unsaturated/α-hetero) is 3. The van der Waals surface area contributed by atoms with Crippen molar-refractivity contribution in [3.63, 3.8) is 0 Å². The quantitative estimate of drug-likeness (QED) is 0.290. The number of benzene rings is 1. The van der Waals surface area contributed by atoms with E-state index in [0.717, 1.165) is 0 Å². The zero-order chi connectivity index (χ0) is 44.9. The molecule has 330 valence electrons. The predicted molar refractivity (Wildman–Crippen MR) is 223 cm³/mol. The lowest BCUT2D eigenvalue weighted by atomic mass is 9.70. The highest BCUT2D eigenvalue weighted by atomic mass is 16.7. The fraction of sp³-hybridized carbons (Fsp3) is 0.556. The number of carbonyl (C=O) groups excluding carboxylic acids is 5. The van der Waals surface area contributed by atoms with Crippen molar-refractivity contribution in [2.75, 3.05) is 40.3 Å². The van der Waals surface area contributed by atoms with Gasteiger partial charge in [-0.15, -0.1) is 0 Å². The first-order valence-corrected chi connectivity index (χ1v) is 20.7. The Morgan fingerprint density at radius 3 is 2.28 bits per heavy atom. The Balaban J connectivity index is 1.47. The number of esters is 1. The Labute approximate surface area is 356 Å². The summed E-state index contributed by atoms with van der Waals surface area (Å²) >= 11 is 0. The summed E-state index contributed by atoms with van der Waals surface area (Å²) in [6.45, 7) is 17.5. The minimum atomic E-state index is -2.08. The number of amides is 1. The number of hydrogen-bond acceptors (Lipinski definition) is 15. The number of methoxy groups -OCH3 is 1. The van der Waals surface area contributed by atoms with Crippen LogP contribution in [0.3, 0.4) is 0 Å². The van der Waals surface area contributed by atoms with Crippen LogP contribution in [0.2, 0.25) is 0 Å². The topological polar surface area (TPSA) is 203 Å². The molecule has 2 fully saturated rings. The van der Waals surface area contributed by atoms with Gasteiger partial charge in [0.25, 0.3) is 11.7 Å². The lowest BCUT2D eigenvalue weighted by Crippen LogP contribution is -2.60. The molecule has 1 aliphatic carbocycles. The zero-order valence-corrected chi connectivity index (χ0v) is 36.7. The number of nitrogens with one attached hydrogen (secondary N) is 1. The predicted octanol–water partition coefficient (Wildman–Crippen LogP) is 4.03. The molecular weight excluding hydrogens is 789 g/mol. The highest BCUT2D eigenvalue weighted by Gasteiger charge is 2.54. The van der Waals surface area contributed by atoms with Gasteiger partial charge in [0.2, 0.25) is 5.78 Å². The molecule has 9 rings (SSSR count). The van der Waals surface area contributed by atoms with Gasteiger partial charge in [0.1, 0.15) is 23.3 Å². The van der Waals surface area contributed by atoms with Crippen LogP contribution in [-0.2, 0) is 28.5 Å². The van der Waals surface area contributed by atoms with Crippen LogP contribution in [0.4, 0.5) is 0 Å². The van der Waals surface area contributed by atoms with Gasteiger partial charge in [0.15, 0.2) is 5.78 Å². The largest absolute Gasteiger partial charge is 0.507 e. The number of phenols is 1. The van der Waals surface area contributed by atoms with Crippen molar-refractivity contribution in [3.8, 4) is 11.5 Å². The smallest absolute Gasteiger partial charge is 0.312 e. The molecule has 0 aromatic heterocycles. The Kier molecular flexibility index (Phi) is 12.9. The van der Waals surface area contributed by atoms with Crippen LogP contribution in [0.1, 0.15) is 92.0 Å². The first-order valence-electron chi connectivity index (χ1n) is 20.7. The van der Waals surface area contributed by atoms with E-state index in [9.17, 15) is 34.2 Å². The van der Waals surface area contributed by atoms with E-state index in [1.54, 1.807) is 37.9 Å². The zero-order valence-electron chi connectivity index (χ0n) is 36.7. The van der Waals surface area contributed by atoms with Crippen molar-refractivity contribution in [1.82, 2.24) is 15.2 Å². The lowest BCUT2D eigenvalue weighted by molar-refractivity contribution is -0.251. The number of hydrogen-bond donors (Lipinski definition) is 3. The second-order valence-electron chi connectivity index (χ2n) is 17.3. The summed E-state index contributed by atoms with van der Waals surface area (Å²) in [5.41, 5.74) is -2.41. The number of phenolic OH excluding ortho intramolecular Hbond substituents is 1. The van der Waals surface area contributed by atoms with E-state index in [4.69, 9.17) is 23.7 Å². The van der Waals surface area contributed by atoms with Gasteiger partial charge in [0, 0.05) is 81.9 Å². The number of piperazine rings is 1. The SMILES string of the molecule is COC1C=COC2(C)Oc3c(C)c(O)c4c(c3C2=O)C(=O)C(C=NN2CCN(C)CC2)=C(NC(=O)C(C)=CC=CC2(C)OC(C(C)C(O)C(C)C(OC(C)=O)C1C)C2C)C4=O. The Bertz CT molecular complexity index is 2150. The van der Waals surface area contributed by atoms with E-state index in [1.165, 1.54) is 46.4 Å². The average molecular weight is 847 g/mol. The van der Waals surface area contributed by atoms with Crippen molar-refractivity contribution in [1.29, 1.82) is 0 Å². The number of carbonyl (C=O) groups is 5. The summed E-state index contributed by atoms with van der Waals surface area (Å²) in [7, 11) is 3.43. The molecule has 16 heteroatoms. The number of likely N-dealkylation sites (N-methyl/N-ethyl adjacent to an activating group) is 1. The third-order valence-corrected chi connectivity index (χ3v) is 13.1. The van der Waals surface area contributed by atoms with Gasteiger partial charge in [-0.1, -0.05) is 45.9 Å². The Hall–Kier alpha value is -5.16. The molecule has 7 aliphatic heterocycles. The first-order chi connectivity index (χ1) is 28.6. The summed E-state index contributed by atoms with van der Waals surface area (Å²) < 4.78 is 30.1. The van der Waals surface area contributed by atoms with Crippen molar-refractivity contribution in [2.45, 2.75) is 98.1 Å². The molecule has 7 heterocycles. The van der Waals surface area contributed by atoms with Gasteiger partial charge >= 0.3 is 11.8 Å². The van der Waals surface area contributed by atoms with Crippen LogP contribution in [0, 0.1) is 30.6 Å². The van der Waals surface area contributed by atoms with Gasteiger partial charge < -0.3 is 44.1 Å². The lowest BCUT2D eigenvalue weighted by Gasteiger charge is -2.54. The molecule has 2 saturated heterocycles. The van der Waals surface area contributed by atoms with Crippen LogP contribution in [0.25, 0.3) is 0 Å². The minimum Gasteiger partial charge on any atom is -0.507 e. The fourth-order valence-electron chi connectivity index (χ4n) is 8.81. The van der Waals surface area contributed by atoms with E-state index in [0.29, 0.717) is 26.2 Å². The second kappa shape index (κ2) is 17.3. The molecule has 16 nitrogen and oxygen atoms in total. The molecule has 1 aromatic carbocycles. The number of aliphatic hydroxyl groups excluding tert-OH is 1. The standard InChI is InChI=1S/C45H58N4O12/c1-22-13-12-15-44(8)27(6)40(60-44)25(4)35(51)24(3)39(59-28(7)50)23(2)30(57-11)14-20-58-45(9)42(55)33-31-32(36(52)26(5)41(33)61-45)38(54)34(47-43(22)56)29(37(31)53)21-46-49-18-16-48(10)17-19-49/h12-15,20-21,23-25,27,30,35,39-40,51-52H,16-19H2,1-11H3,(H,47,56). The van der Waals surface area contributed by atoms with Gasteiger partial charge in [-0.25, -0.2) is 0 Å². The third kappa shape index (κ3) is 8.30. The highest BCUT2D eigenvalue weighted by molar-refractivity contribution is 6.37. The maximum Gasteiger partial charge on any atom is 0.312 e. The summed E-state index contributed by atoms with van der Waals surface area (Å²) in [6, 6.07) is 0. The van der Waals surface area contributed by atoms with Crippen LogP contribution < -0.4 is 10.1 Å². The Morgan fingerprint density at radius 2 is 1.66 bits per heavy atom. The van der Waals surface area contributed by atoms with E-state index in [2.05, 4.69) is 15.3 Å². The number of aromatic hydroxyl groups is 1. The molecule has 1 amide bonds. The van der Waals surface area contributed by atoms with Crippen molar-refractivity contribution in [3.05, 3.63) is 69.7 Å². The molecular formula is C45H58N4O12. The molecule has 61 heavy (non-hydrogen) atoms. The molecule has 8 aliphatic rings. The van der Waals surface area contributed by atoms with Crippen molar-refractivity contribution >= 4 is 35.4 Å². The monoisotopic (exact) mass is 846 g/mol. The van der Waals surface area contributed by atoms with Gasteiger partial charge in [0.05, 0.1) is 58.7 Å². The normalized spacial score (nSPS) is 33.8. The van der Waals surface area contributed by atoms with E-state index in [-0.39, 0.29) is 46.0 Å². The van der Waals surface area contributed by atoms with Gasteiger partial charge in [-0.2, -0.15) is 5.10 Å². The van der Waals surface area contributed by atoms with Crippen LogP contribution in [-0.4, -0.2) is 132 Å². The second-order valence-corrected chi connectivity index (χ2v) is 17.3. The van der Waals surface area contributed by atoms with Gasteiger partial charge in [-0.3, -0.25) is 29.0 Å². The van der Waals surface area contributed by atoms with Gasteiger partial charge in [-0.05, 0) is 33.9 Å². The van der Waals surface area contributed by atoms with Crippen LogP contribution >= 0.6 is 0 Å². The molecule has 0 spiro atoms. The third-order valence-electron chi connectivity index (χ3n) is 13.1. The molecule has 0 radical (unpaired) electrons. The number of ether oxygens (including phenoxy) is 5. The number of nitrogens with zero attached hydrogens (tertiary/aromatic N) is 3. The number of rotatable bonds is 4. The maximum absolute atomic E-state index is 14.7. The van der Waals surface area contributed by atoms with Crippen molar-refractivity contribution < 1.29 is 57.9 Å². The summed E-state index contributed by atoms with van der Waals surface area (Å²) in [5, 5.41) is 32.1. The van der Waals surface area contributed by atoms with Crippen molar-refractivity contribution in [2.24, 2.45) is 28.8 Å². The Morgan fingerprint density at radius 1 is 0.984 bits per heavy atom. The average Bonchev–Trinajstić information content (AvgIpc) is 3.48. The number of hydrazone groups is 1. The van der Waals surface area contributed by atoms with Crippen LogP contribution in [0.5, 0.6) is 11.5 Å². The number of ketones is 3. The molecule has 3 N–H and O–H groups in total. The molecule has 10 atom stereocenters. The summed E-state index contributed by atoms with van der Waals surface area (Å²) in [6.07, 6.45) is 6.01. The van der Waals surface area contributed by atoms with E-state index in [1.807, 2.05) is 33.9 Å². The first kappa shape index (κ1) is 45.4. The molecule has 1 aromatic rings. The molecule has 7 bridgehead atoms. The van der Waals surface area contributed by atoms with Crippen LogP contribution in [0.15, 0.2) is 52.5 Å².